The quantitative estimate of drug-likeness (QED) is 0.711. The van der Waals surface area contributed by atoms with Crippen molar-refractivity contribution in [2.24, 2.45) is 5.92 Å². The molecular weight excluding hydrogens is 178 g/mol. The maximum Gasteiger partial charge on any atom is 0.307 e. The van der Waals surface area contributed by atoms with Crippen LogP contribution in [0.5, 0.6) is 0 Å². The Kier molecular flexibility index (Phi) is 3.93. The van der Waals surface area contributed by atoms with E-state index in [1.165, 1.54) is 12.8 Å². The van der Waals surface area contributed by atoms with Gasteiger partial charge in [0.15, 0.2) is 0 Å². The van der Waals surface area contributed by atoms with E-state index >= 15 is 0 Å². The van der Waals surface area contributed by atoms with Gasteiger partial charge in [-0.05, 0) is 32.7 Å². The topological polar surface area (TPSA) is 40.5 Å². The fourth-order valence-electron chi connectivity index (χ4n) is 1.88. The molecule has 14 heavy (non-hydrogen) atoms. The molecule has 0 bridgehead atoms. The molecule has 0 aliphatic heterocycles. The van der Waals surface area contributed by atoms with E-state index in [1.54, 1.807) is 6.92 Å². The molecule has 3 nitrogen and oxygen atoms in total. The van der Waals surface area contributed by atoms with E-state index in [-0.39, 0.29) is 12.0 Å². The third kappa shape index (κ3) is 2.71. The van der Waals surface area contributed by atoms with Gasteiger partial charge in [0.05, 0.1) is 5.92 Å². The van der Waals surface area contributed by atoms with E-state index in [1.807, 2.05) is 6.92 Å². The number of hydrogen-bond acceptors (Lipinski definition) is 2. The van der Waals surface area contributed by atoms with Crippen LogP contribution >= 0.6 is 0 Å². The molecule has 2 unspecified atom stereocenters. The van der Waals surface area contributed by atoms with Crippen molar-refractivity contribution in [1.82, 2.24) is 4.90 Å². The average molecular weight is 199 g/mol. The fraction of sp³-hybridized carbons (Fsp3) is 0.909. The molecule has 1 fully saturated rings. The number of hydrogen-bond donors (Lipinski definition) is 1. The molecule has 82 valence electrons. The van der Waals surface area contributed by atoms with Crippen LogP contribution in [0.2, 0.25) is 0 Å². The predicted molar refractivity (Wildman–Crippen MR) is 56.3 cm³/mol. The SMILES string of the molecule is CCCN(C1CC1)C(C)C(C)C(=O)O. The molecule has 0 aromatic rings. The number of aliphatic carboxylic acids is 1. The van der Waals surface area contributed by atoms with Crippen LogP contribution in [0.15, 0.2) is 0 Å². The van der Waals surface area contributed by atoms with Crippen LogP contribution in [0.3, 0.4) is 0 Å². The lowest BCUT2D eigenvalue weighted by molar-refractivity contribution is -0.143. The molecular formula is C11H21NO2. The molecule has 1 rings (SSSR count). The number of carboxylic acid groups (broad SMARTS) is 1. The maximum absolute atomic E-state index is 10.9. The van der Waals surface area contributed by atoms with Gasteiger partial charge in [0.2, 0.25) is 0 Å². The van der Waals surface area contributed by atoms with Crippen LogP contribution in [0, 0.1) is 5.92 Å². The molecule has 0 heterocycles. The number of carbonyl (C=O) groups is 1. The Labute approximate surface area is 86.1 Å². The normalized spacial score (nSPS) is 20.9. The second-order valence-electron chi connectivity index (χ2n) is 4.34. The molecule has 3 heteroatoms. The fourth-order valence-corrected chi connectivity index (χ4v) is 1.88. The zero-order valence-electron chi connectivity index (χ0n) is 9.36. The van der Waals surface area contributed by atoms with Crippen molar-refractivity contribution in [2.45, 2.75) is 52.1 Å². The van der Waals surface area contributed by atoms with Gasteiger partial charge in [-0.1, -0.05) is 13.8 Å². The van der Waals surface area contributed by atoms with Crippen LogP contribution in [0.25, 0.3) is 0 Å². The lowest BCUT2D eigenvalue weighted by Gasteiger charge is -2.31. The third-order valence-electron chi connectivity index (χ3n) is 3.13. The molecule has 0 aromatic heterocycles. The summed E-state index contributed by atoms with van der Waals surface area (Å²) < 4.78 is 0. The zero-order chi connectivity index (χ0) is 10.7. The summed E-state index contributed by atoms with van der Waals surface area (Å²) in [5, 5.41) is 8.95. The average Bonchev–Trinajstić information content (AvgIpc) is 2.95. The predicted octanol–water partition coefficient (Wildman–Crippen LogP) is 1.97. The molecule has 0 radical (unpaired) electrons. The minimum Gasteiger partial charge on any atom is -0.481 e. The van der Waals surface area contributed by atoms with Gasteiger partial charge in [0.1, 0.15) is 0 Å². The van der Waals surface area contributed by atoms with Crippen molar-refractivity contribution >= 4 is 5.97 Å². The highest BCUT2D eigenvalue weighted by Gasteiger charge is 2.35. The summed E-state index contributed by atoms with van der Waals surface area (Å²) in [4.78, 5) is 13.2. The smallest absolute Gasteiger partial charge is 0.307 e. The third-order valence-corrected chi connectivity index (χ3v) is 3.13. The van der Waals surface area contributed by atoms with Gasteiger partial charge in [-0.15, -0.1) is 0 Å². The minimum absolute atomic E-state index is 0.167. The minimum atomic E-state index is -0.681. The first kappa shape index (κ1) is 11.5. The Morgan fingerprint density at radius 3 is 2.43 bits per heavy atom. The molecule has 0 spiro atoms. The molecule has 1 saturated carbocycles. The Balaban J connectivity index is 2.52. The monoisotopic (exact) mass is 199 g/mol. The number of nitrogens with zero attached hydrogens (tertiary/aromatic N) is 1. The summed E-state index contributed by atoms with van der Waals surface area (Å²) in [5.41, 5.74) is 0. The Morgan fingerprint density at radius 1 is 1.50 bits per heavy atom. The van der Waals surface area contributed by atoms with Crippen molar-refractivity contribution in [3.8, 4) is 0 Å². The Bertz CT molecular complexity index is 201. The van der Waals surface area contributed by atoms with Crippen LogP contribution < -0.4 is 0 Å². The summed E-state index contributed by atoms with van der Waals surface area (Å²) in [5.74, 6) is -0.943. The van der Waals surface area contributed by atoms with Crippen molar-refractivity contribution < 1.29 is 9.90 Å². The van der Waals surface area contributed by atoms with E-state index in [0.717, 1.165) is 13.0 Å². The molecule has 0 amide bonds. The van der Waals surface area contributed by atoms with Crippen LogP contribution in [-0.2, 0) is 4.79 Å². The molecule has 2 atom stereocenters. The zero-order valence-corrected chi connectivity index (χ0v) is 9.36. The van der Waals surface area contributed by atoms with Gasteiger partial charge in [0, 0.05) is 12.1 Å². The summed E-state index contributed by atoms with van der Waals surface area (Å²) >= 11 is 0. The van der Waals surface area contributed by atoms with Gasteiger partial charge in [-0.3, -0.25) is 9.69 Å². The number of carboxylic acids is 1. The van der Waals surface area contributed by atoms with Crippen LogP contribution in [0.1, 0.15) is 40.0 Å². The molecule has 0 saturated heterocycles. The first-order chi connectivity index (χ1) is 6.57. The van der Waals surface area contributed by atoms with Crippen LogP contribution in [0.4, 0.5) is 0 Å². The highest BCUT2D eigenvalue weighted by Crippen LogP contribution is 2.30. The van der Waals surface area contributed by atoms with E-state index < -0.39 is 5.97 Å². The summed E-state index contributed by atoms with van der Waals surface area (Å²) in [6, 6.07) is 0.826. The lowest BCUT2D eigenvalue weighted by atomic mass is 10.0. The van der Waals surface area contributed by atoms with Crippen molar-refractivity contribution in [3.63, 3.8) is 0 Å². The summed E-state index contributed by atoms with van der Waals surface area (Å²) in [6.45, 7) is 7.02. The highest BCUT2D eigenvalue weighted by molar-refractivity contribution is 5.70. The second-order valence-corrected chi connectivity index (χ2v) is 4.34. The van der Waals surface area contributed by atoms with Gasteiger partial charge in [0.25, 0.3) is 0 Å². The van der Waals surface area contributed by atoms with E-state index in [4.69, 9.17) is 5.11 Å². The summed E-state index contributed by atoms with van der Waals surface area (Å²) in [6.07, 6.45) is 3.60. The van der Waals surface area contributed by atoms with Gasteiger partial charge in [-0.2, -0.15) is 0 Å². The molecule has 1 aliphatic carbocycles. The van der Waals surface area contributed by atoms with Crippen molar-refractivity contribution in [3.05, 3.63) is 0 Å². The first-order valence-electron chi connectivity index (χ1n) is 5.56. The number of rotatable bonds is 6. The van der Waals surface area contributed by atoms with Crippen LogP contribution in [-0.4, -0.2) is 34.6 Å². The molecule has 1 N–H and O–H groups in total. The Morgan fingerprint density at radius 2 is 2.07 bits per heavy atom. The standard InChI is InChI=1S/C11H21NO2/c1-4-7-12(10-5-6-10)9(3)8(2)11(13)14/h8-10H,4-7H2,1-3H3,(H,13,14). The molecule has 0 aromatic carbocycles. The van der Waals surface area contributed by atoms with Gasteiger partial charge in [-0.25, -0.2) is 0 Å². The van der Waals surface area contributed by atoms with E-state index in [2.05, 4.69) is 11.8 Å². The molecule has 1 aliphatic rings. The maximum atomic E-state index is 10.9. The van der Waals surface area contributed by atoms with Gasteiger partial charge < -0.3 is 5.11 Å². The second kappa shape index (κ2) is 4.78. The van der Waals surface area contributed by atoms with Crippen molar-refractivity contribution in [2.75, 3.05) is 6.54 Å². The lowest BCUT2D eigenvalue weighted by Crippen LogP contribution is -2.42. The van der Waals surface area contributed by atoms with Crippen molar-refractivity contribution in [1.29, 1.82) is 0 Å². The largest absolute Gasteiger partial charge is 0.481 e. The van der Waals surface area contributed by atoms with E-state index in [0.29, 0.717) is 6.04 Å². The van der Waals surface area contributed by atoms with E-state index in [9.17, 15) is 4.79 Å². The highest BCUT2D eigenvalue weighted by atomic mass is 16.4. The Hall–Kier alpha value is -0.570. The summed E-state index contributed by atoms with van der Waals surface area (Å²) in [7, 11) is 0. The van der Waals surface area contributed by atoms with Gasteiger partial charge >= 0.3 is 5.97 Å². The first-order valence-corrected chi connectivity index (χ1v) is 5.56.